The molecule has 2 amide bonds. The summed E-state index contributed by atoms with van der Waals surface area (Å²) in [6.45, 7) is -1.37. The number of primary amides is 1. The number of rotatable bonds is 7. The quantitative estimate of drug-likeness (QED) is 0.687. The fourth-order valence-corrected chi connectivity index (χ4v) is 2.06. The van der Waals surface area contributed by atoms with E-state index < -0.39 is 24.5 Å². The number of hydrogen-bond acceptors (Lipinski definition) is 5. The zero-order valence-electron chi connectivity index (χ0n) is 11.1. The summed E-state index contributed by atoms with van der Waals surface area (Å²) in [5.74, 6) is -0.928. The van der Waals surface area contributed by atoms with E-state index >= 15 is 0 Å². The van der Waals surface area contributed by atoms with Crippen molar-refractivity contribution < 1.29 is 22.8 Å². The van der Waals surface area contributed by atoms with Gasteiger partial charge in [-0.1, -0.05) is 11.8 Å². The molecule has 3 N–H and O–H groups in total. The van der Waals surface area contributed by atoms with Crippen LogP contribution < -0.4 is 11.1 Å². The number of carbonyl (C=O) groups is 2. The van der Waals surface area contributed by atoms with Crippen molar-refractivity contribution in [3.63, 3.8) is 0 Å². The summed E-state index contributed by atoms with van der Waals surface area (Å²) < 4.78 is 37.3. The van der Waals surface area contributed by atoms with Crippen molar-refractivity contribution >= 4 is 23.6 Å². The lowest BCUT2D eigenvalue weighted by Crippen LogP contribution is -2.34. The average molecular weight is 325 g/mol. The number of nitrogens with one attached hydrogen (secondary N) is 1. The molecule has 1 rings (SSSR count). The smallest absolute Gasteiger partial charge is 0.370 e. The standard InChI is InChI=1S/C10H14F3N5O2S/c1-18-7(3-2-6(14)19)16-17-9(18)21-4-8(20)15-5-10(11,12)13/h2-5H2,1H3,(H2,14,19)(H,15,20). The van der Waals surface area contributed by atoms with E-state index in [4.69, 9.17) is 5.73 Å². The Bertz CT molecular complexity index is 517. The number of halogens is 3. The van der Waals surface area contributed by atoms with Crippen molar-refractivity contribution in [1.82, 2.24) is 20.1 Å². The molecule has 0 aliphatic heterocycles. The molecule has 0 radical (unpaired) electrons. The molecule has 11 heteroatoms. The van der Waals surface area contributed by atoms with Crippen LogP contribution >= 0.6 is 11.8 Å². The van der Waals surface area contributed by atoms with Crippen molar-refractivity contribution in [1.29, 1.82) is 0 Å². The third-order valence-corrected chi connectivity index (χ3v) is 3.36. The van der Waals surface area contributed by atoms with Crippen LogP contribution in [0.5, 0.6) is 0 Å². The third kappa shape index (κ3) is 6.47. The first kappa shape index (κ1) is 17.3. The molecule has 0 aliphatic carbocycles. The molecule has 1 aromatic rings. The second-order valence-electron chi connectivity index (χ2n) is 4.10. The summed E-state index contributed by atoms with van der Waals surface area (Å²) in [6, 6.07) is 0. The first-order valence-electron chi connectivity index (χ1n) is 5.82. The molecular weight excluding hydrogens is 311 g/mol. The number of amides is 2. The zero-order chi connectivity index (χ0) is 16.0. The summed E-state index contributed by atoms with van der Waals surface area (Å²) >= 11 is 0.955. The lowest BCUT2D eigenvalue weighted by molar-refractivity contribution is -0.136. The number of hydrogen-bond donors (Lipinski definition) is 2. The van der Waals surface area contributed by atoms with Crippen LogP contribution in [0.4, 0.5) is 13.2 Å². The summed E-state index contributed by atoms with van der Waals surface area (Å²) in [6.07, 6.45) is -4.02. The van der Waals surface area contributed by atoms with Crippen LogP contribution in [0.2, 0.25) is 0 Å². The lowest BCUT2D eigenvalue weighted by atomic mass is 10.3. The topological polar surface area (TPSA) is 103 Å². The molecule has 0 atom stereocenters. The molecule has 0 saturated heterocycles. The molecule has 0 saturated carbocycles. The Hall–Kier alpha value is -1.78. The Balaban J connectivity index is 2.45. The predicted octanol–water partition coefficient (Wildman–Crippen LogP) is 0.00360. The second kappa shape index (κ2) is 7.29. The van der Waals surface area contributed by atoms with Gasteiger partial charge in [0.15, 0.2) is 5.16 Å². The molecule has 0 bridgehead atoms. The van der Waals surface area contributed by atoms with Gasteiger partial charge in [0.25, 0.3) is 0 Å². The number of carbonyl (C=O) groups excluding carboxylic acids is 2. The average Bonchev–Trinajstić information content (AvgIpc) is 2.71. The van der Waals surface area contributed by atoms with Gasteiger partial charge in [-0.15, -0.1) is 10.2 Å². The highest BCUT2D eigenvalue weighted by Crippen LogP contribution is 2.16. The lowest BCUT2D eigenvalue weighted by Gasteiger charge is -2.07. The highest BCUT2D eigenvalue weighted by atomic mass is 32.2. The first-order valence-corrected chi connectivity index (χ1v) is 6.80. The number of aromatic nitrogens is 3. The van der Waals surface area contributed by atoms with Crippen molar-refractivity contribution in [2.24, 2.45) is 12.8 Å². The number of alkyl halides is 3. The Kier molecular flexibility index (Phi) is 6.00. The molecule has 0 fully saturated rings. The SMILES string of the molecule is Cn1c(CCC(N)=O)nnc1SCC(=O)NCC(F)(F)F. The van der Waals surface area contributed by atoms with Gasteiger partial charge in [0.05, 0.1) is 5.75 Å². The number of nitrogens with zero attached hydrogens (tertiary/aromatic N) is 3. The van der Waals surface area contributed by atoms with Crippen LogP contribution in [-0.2, 0) is 23.1 Å². The van der Waals surface area contributed by atoms with Crippen molar-refractivity contribution in [3.8, 4) is 0 Å². The van der Waals surface area contributed by atoms with Gasteiger partial charge in [-0.3, -0.25) is 9.59 Å². The van der Waals surface area contributed by atoms with E-state index in [2.05, 4.69) is 10.2 Å². The van der Waals surface area contributed by atoms with E-state index in [9.17, 15) is 22.8 Å². The van der Waals surface area contributed by atoms with Crippen molar-refractivity contribution in [2.75, 3.05) is 12.3 Å². The van der Waals surface area contributed by atoms with Gasteiger partial charge < -0.3 is 15.6 Å². The Morgan fingerprint density at radius 1 is 1.38 bits per heavy atom. The fraction of sp³-hybridized carbons (Fsp3) is 0.600. The minimum Gasteiger partial charge on any atom is -0.370 e. The largest absolute Gasteiger partial charge is 0.405 e. The van der Waals surface area contributed by atoms with Gasteiger partial charge in [0.1, 0.15) is 12.4 Å². The Morgan fingerprint density at radius 2 is 2.05 bits per heavy atom. The monoisotopic (exact) mass is 325 g/mol. The fourth-order valence-electron chi connectivity index (χ4n) is 1.30. The van der Waals surface area contributed by atoms with Gasteiger partial charge >= 0.3 is 6.18 Å². The van der Waals surface area contributed by atoms with E-state index in [1.54, 1.807) is 16.9 Å². The van der Waals surface area contributed by atoms with E-state index in [0.717, 1.165) is 11.8 Å². The highest BCUT2D eigenvalue weighted by Gasteiger charge is 2.27. The molecule has 7 nitrogen and oxygen atoms in total. The molecule has 0 aromatic carbocycles. The molecule has 1 heterocycles. The number of nitrogens with two attached hydrogens (primary N) is 1. The van der Waals surface area contributed by atoms with Gasteiger partial charge in [-0.05, 0) is 0 Å². The van der Waals surface area contributed by atoms with Crippen molar-refractivity contribution in [2.45, 2.75) is 24.2 Å². The van der Waals surface area contributed by atoms with Crippen LogP contribution in [0.15, 0.2) is 5.16 Å². The Morgan fingerprint density at radius 3 is 2.62 bits per heavy atom. The normalized spacial score (nSPS) is 11.4. The van der Waals surface area contributed by atoms with Gasteiger partial charge in [0, 0.05) is 19.9 Å². The van der Waals surface area contributed by atoms with Crippen LogP contribution in [0.25, 0.3) is 0 Å². The maximum absolute atomic E-state index is 11.9. The molecule has 118 valence electrons. The highest BCUT2D eigenvalue weighted by molar-refractivity contribution is 7.99. The summed E-state index contributed by atoms with van der Waals surface area (Å²) in [7, 11) is 1.63. The zero-order valence-corrected chi connectivity index (χ0v) is 11.9. The number of thioether (sulfide) groups is 1. The third-order valence-electron chi connectivity index (χ3n) is 2.34. The predicted molar refractivity (Wildman–Crippen MR) is 68.3 cm³/mol. The second-order valence-corrected chi connectivity index (χ2v) is 5.05. The molecule has 21 heavy (non-hydrogen) atoms. The van der Waals surface area contributed by atoms with E-state index in [0.29, 0.717) is 17.4 Å². The molecule has 0 spiro atoms. The van der Waals surface area contributed by atoms with E-state index in [1.165, 1.54) is 0 Å². The molecule has 1 aromatic heterocycles. The number of aryl methyl sites for hydroxylation is 1. The summed E-state index contributed by atoms with van der Waals surface area (Å²) in [5, 5.41) is 9.75. The summed E-state index contributed by atoms with van der Waals surface area (Å²) in [5.41, 5.74) is 5.02. The molecular formula is C10H14F3N5O2S. The Labute approximate surface area is 122 Å². The maximum Gasteiger partial charge on any atom is 0.405 e. The summed E-state index contributed by atoms with van der Waals surface area (Å²) in [4.78, 5) is 21.9. The van der Waals surface area contributed by atoms with Crippen LogP contribution in [0.1, 0.15) is 12.2 Å². The minimum atomic E-state index is -4.44. The molecule has 0 unspecified atom stereocenters. The molecule has 0 aliphatic rings. The minimum absolute atomic E-state index is 0.114. The maximum atomic E-state index is 11.9. The van der Waals surface area contributed by atoms with Crippen molar-refractivity contribution in [3.05, 3.63) is 5.82 Å². The van der Waals surface area contributed by atoms with E-state index in [1.807, 2.05) is 0 Å². The van der Waals surface area contributed by atoms with Crippen LogP contribution in [0, 0.1) is 0 Å². The first-order chi connectivity index (χ1) is 9.69. The van der Waals surface area contributed by atoms with Gasteiger partial charge in [-0.25, -0.2) is 0 Å². The van der Waals surface area contributed by atoms with Gasteiger partial charge in [-0.2, -0.15) is 13.2 Å². The van der Waals surface area contributed by atoms with Gasteiger partial charge in [0.2, 0.25) is 11.8 Å². The van der Waals surface area contributed by atoms with E-state index in [-0.39, 0.29) is 12.2 Å². The van der Waals surface area contributed by atoms with Crippen LogP contribution in [-0.4, -0.2) is 45.1 Å². The van der Waals surface area contributed by atoms with Crippen LogP contribution in [0.3, 0.4) is 0 Å².